The van der Waals surface area contributed by atoms with Crippen molar-refractivity contribution < 1.29 is 15.0 Å². The maximum atomic E-state index is 11.0. The average molecular weight is 229 g/mol. The van der Waals surface area contributed by atoms with Gasteiger partial charge in [-0.05, 0) is 12.1 Å². The lowest BCUT2D eigenvalue weighted by molar-refractivity contribution is 0.0698. The first-order valence-corrected chi connectivity index (χ1v) is 4.87. The molecule has 0 fully saturated rings. The molecule has 0 unspecified atom stereocenters. The zero-order chi connectivity index (χ0) is 12.0. The first kappa shape index (κ1) is 9.59. The van der Waals surface area contributed by atoms with Gasteiger partial charge in [-0.2, -0.15) is 5.10 Å². The van der Waals surface area contributed by atoms with Crippen LogP contribution in [-0.4, -0.2) is 30.8 Å². The molecule has 17 heavy (non-hydrogen) atoms. The Kier molecular flexibility index (Phi) is 1.79. The monoisotopic (exact) mass is 229 g/mol. The standard InChI is InChI=1S/C11H7N3O3/c15-10-9-6(11(16)17)5-12-14(9)8-4-2-1-3-7(8)13-10/h1-5H,(H,13,15)(H,16,17). The Hall–Kier alpha value is -2.63. The van der Waals surface area contributed by atoms with Gasteiger partial charge in [-0.15, -0.1) is 0 Å². The molecule has 0 spiro atoms. The lowest BCUT2D eigenvalue weighted by Crippen LogP contribution is -1.98. The van der Waals surface area contributed by atoms with Gasteiger partial charge in [0.05, 0.1) is 17.2 Å². The van der Waals surface area contributed by atoms with E-state index in [4.69, 9.17) is 5.11 Å². The van der Waals surface area contributed by atoms with Crippen LogP contribution in [0.2, 0.25) is 0 Å². The molecule has 0 aliphatic heterocycles. The number of aromatic nitrogens is 3. The van der Waals surface area contributed by atoms with Crippen molar-refractivity contribution in [1.29, 1.82) is 0 Å². The predicted octanol–water partition coefficient (Wildman–Crippen LogP) is 1.29. The third-order valence-electron chi connectivity index (χ3n) is 2.55. The Morgan fingerprint density at radius 2 is 2.06 bits per heavy atom. The Balaban J connectivity index is 2.56. The highest BCUT2D eigenvalue weighted by Crippen LogP contribution is 2.24. The summed E-state index contributed by atoms with van der Waals surface area (Å²) in [5.74, 6) is -1.48. The fraction of sp³-hybridized carbons (Fsp3) is 0. The van der Waals surface area contributed by atoms with Crippen LogP contribution < -0.4 is 0 Å². The first-order valence-electron chi connectivity index (χ1n) is 4.87. The van der Waals surface area contributed by atoms with E-state index < -0.39 is 5.97 Å². The van der Waals surface area contributed by atoms with Crippen LogP contribution >= 0.6 is 0 Å². The fourth-order valence-electron chi connectivity index (χ4n) is 1.81. The van der Waals surface area contributed by atoms with Gasteiger partial charge in [-0.3, -0.25) is 0 Å². The third kappa shape index (κ3) is 1.24. The molecule has 0 amide bonds. The molecule has 6 nitrogen and oxygen atoms in total. The maximum absolute atomic E-state index is 11.0. The Bertz CT molecular complexity index is 748. The van der Waals surface area contributed by atoms with Crippen molar-refractivity contribution in [2.75, 3.05) is 0 Å². The van der Waals surface area contributed by atoms with Crippen molar-refractivity contribution in [1.82, 2.24) is 14.6 Å². The molecule has 6 heteroatoms. The quantitative estimate of drug-likeness (QED) is 0.656. The van der Waals surface area contributed by atoms with Gasteiger partial charge in [0.1, 0.15) is 11.1 Å². The van der Waals surface area contributed by atoms with E-state index >= 15 is 0 Å². The molecule has 2 aromatic heterocycles. The summed E-state index contributed by atoms with van der Waals surface area (Å²) in [4.78, 5) is 14.9. The predicted molar refractivity (Wildman–Crippen MR) is 59.1 cm³/mol. The van der Waals surface area contributed by atoms with Crippen LogP contribution in [0.1, 0.15) is 10.4 Å². The molecule has 3 aromatic rings. The number of fused-ring (bicyclic) bond motifs is 3. The number of hydrogen-bond donors (Lipinski definition) is 2. The van der Waals surface area contributed by atoms with Crippen molar-refractivity contribution in [3.05, 3.63) is 36.0 Å². The number of aromatic hydroxyl groups is 1. The Labute approximate surface area is 94.8 Å². The summed E-state index contributed by atoms with van der Waals surface area (Å²) in [5.41, 5.74) is 1.24. The number of benzene rings is 1. The topological polar surface area (TPSA) is 87.7 Å². The minimum atomic E-state index is -1.15. The van der Waals surface area contributed by atoms with Crippen molar-refractivity contribution in [3.8, 4) is 5.88 Å². The van der Waals surface area contributed by atoms with Gasteiger partial charge in [-0.1, -0.05) is 12.1 Å². The summed E-state index contributed by atoms with van der Waals surface area (Å²) < 4.78 is 1.38. The Morgan fingerprint density at radius 3 is 2.82 bits per heavy atom. The van der Waals surface area contributed by atoms with E-state index in [1.54, 1.807) is 24.3 Å². The number of nitrogens with zero attached hydrogens (tertiary/aromatic N) is 3. The summed E-state index contributed by atoms with van der Waals surface area (Å²) in [5, 5.41) is 22.7. The van der Waals surface area contributed by atoms with Gasteiger partial charge in [-0.25, -0.2) is 14.3 Å². The summed E-state index contributed by atoms with van der Waals surface area (Å²) in [6.07, 6.45) is 1.20. The molecule has 0 bridgehead atoms. The molecule has 0 aliphatic carbocycles. The highest BCUT2D eigenvalue weighted by Gasteiger charge is 2.17. The van der Waals surface area contributed by atoms with Gasteiger partial charge in [0.25, 0.3) is 0 Å². The van der Waals surface area contributed by atoms with Gasteiger partial charge in [0, 0.05) is 0 Å². The average Bonchev–Trinajstić information content (AvgIpc) is 2.74. The van der Waals surface area contributed by atoms with Crippen LogP contribution in [0.25, 0.3) is 16.6 Å². The van der Waals surface area contributed by atoms with Crippen LogP contribution in [0.3, 0.4) is 0 Å². The number of para-hydroxylation sites is 2. The fourth-order valence-corrected chi connectivity index (χ4v) is 1.81. The van der Waals surface area contributed by atoms with E-state index in [1.165, 1.54) is 10.7 Å². The molecule has 3 rings (SSSR count). The zero-order valence-corrected chi connectivity index (χ0v) is 8.53. The van der Waals surface area contributed by atoms with E-state index in [0.717, 1.165) is 0 Å². The number of hydrogen-bond acceptors (Lipinski definition) is 4. The van der Waals surface area contributed by atoms with Gasteiger partial charge in [0.15, 0.2) is 0 Å². The van der Waals surface area contributed by atoms with E-state index in [0.29, 0.717) is 11.0 Å². The normalized spacial score (nSPS) is 11.1. The highest BCUT2D eigenvalue weighted by atomic mass is 16.4. The van der Waals surface area contributed by atoms with Crippen LogP contribution in [0.15, 0.2) is 30.5 Å². The van der Waals surface area contributed by atoms with Crippen LogP contribution in [0.4, 0.5) is 0 Å². The van der Waals surface area contributed by atoms with Gasteiger partial charge in [0.2, 0.25) is 5.88 Å². The molecule has 2 N–H and O–H groups in total. The lowest BCUT2D eigenvalue weighted by Gasteiger charge is -2.02. The molecule has 1 aromatic carbocycles. The van der Waals surface area contributed by atoms with Crippen LogP contribution in [0.5, 0.6) is 5.88 Å². The van der Waals surface area contributed by atoms with Crippen LogP contribution in [0, 0.1) is 0 Å². The lowest BCUT2D eigenvalue weighted by atomic mass is 10.2. The smallest absolute Gasteiger partial charge is 0.339 e. The van der Waals surface area contributed by atoms with Gasteiger partial charge < -0.3 is 10.2 Å². The molecule has 0 radical (unpaired) electrons. The number of rotatable bonds is 1. The highest BCUT2D eigenvalue weighted by molar-refractivity contribution is 5.98. The molecule has 0 atom stereocenters. The second-order valence-corrected chi connectivity index (χ2v) is 3.55. The molecule has 2 heterocycles. The second-order valence-electron chi connectivity index (χ2n) is 3.55. The summed E-state index contributed by atoms with van der Waals surface area (Å²) in [6, 6.07) is 7.05. The zero-order valence-electron chi connectivity index (χ0n) is 8.53. The Morgan fingerprint density at radius 1 is 1.29 bits per heavy atom. The number of aromatic carboxylic acids is 1. The second kappa shape index (κ2) is 3.18. The molecular formula is C11H7N3O3. The molecule has 84 valence electrons. The first-order chi connectivity index (χ1) is 8.18. The molecule has 0 saturated heterocycles. The number of carboxylic acids is 1. The largest absolute Gasteiger partial charge is 0.492 e. The third-order valence-corrected chi connectivity index (χ3v) is 2.55. The van der Waals surface area contributed by atoms with Gasteiger partial charge >= 0.3 is 5.97 Å². The van der Waals surface area contributed by atoms with E-state index in [-0.39, 0.29) is 17.0 Å². The van der Waals surface area contributed by atoms with Crippen molar-refractivity contribution >= 4 is 22.5 Å². The summed E-state index contributed by atoms with van der Waals surface area (Å²) in [7, 11) is 0. The van der Waals surface area contributed by atoms with Crippen molar-refractivity contribution in [3.63, 3.8) is 0 Å². The summed E-state index contributed by atoms with van der Waals surface area (Å²) >= 11 is 0. The number of carboxylic acid groups (broad SMARTS) is 1. The van der Waals surface area contributed by atoms with Crippen molar-refractivity contribution in [2.24, 2.45) is 0 Å². The minimum absolute atomic E-state index is 0.0687. The van der Waals surface area contributed by atoms with Crippen molar-refractivity contribution in [2.45, 2.75) is 0 Å². The number of carbonyl (C=O) groups is 1. The molecule has 0 saturated carbocycles. The van der Waals surface area contributed by atoms with Crippen LogP contribution in [-0.2, 0) is 0 Å². The summed E-state index contributed by atoms with van der Waals surface area (Å²) in [6.45, 7) is 0. The molecule has 0 aliphatic rings. The SMILES string of the molecule is O=C(O)c1cnn2c1c(O)nc1ccccc12. The molecular weight excluding hydrogens is 222 g/mol. The van der Waals surface area contributed by atoms with E-state index in [9.17, 15) is 9.90 Å². The maximum Gasteiger partial charge on any atom is 0.339 e. The van der Waals surface area contributed by atoms with E-state index in [1.807, 2.05) is 0 Å². The minimum Gasteiger partial charge on any atom is -0.492 e. The van der Waals surface area contributed by atoms with E-state index in [2.05, 4.69) is 10.1 Å².